The molecule has 21 heavy (non-hydrogen) atoms. The van der Waals surface area contributed by atoms with Crippen molar-refractivity contribution in [3.8, 4) is 0 Å². The number of benzene rings is 1. The van der Waals surface area contributed by atoms with E-state index < -0.39 is 32.2 Å². The number of nitrogens with one attached hydrogen (secondary N) is 1. The lowest BCUT2D eigenvalue weighted by Crippen LogP contribution is -2.48. The van der Waals surface area contributed by atoms with E-state index in [0.717, 1.165) is 25.2 Å². The van der Waals surface area contributed by atoms with Gasteiger partial charge in [-0.25, -0.2) is 21.9 Å². The molecule has 2 unspecified atom stereocenters. The summed E-state index contributed by atoms with van der Waals surface area (Å²) in [5, 5.41) is 0. The summed E-state index contributed by atoms with van der Waals surface area (Å²) in [6.45, 7) is 3.44. The van der Waals surface area contributed by atoms with Gasteiger partial charge in [-0.15, -0.1) is 0 Å². The average Bonchev–Trinajstić information content (AvgIpc) is 2.39. The van der Waals surface area contributed by atoms with Gasteiger partial charge in [0.1, 0.15) is 16.4 Å². The van der Waals surface area contributed by atoms with Gasteiger partial charge in [-0.1, -0.05) is 6.92 Å². The molecular weight excluding hydrogens is 300 g/mol. The molecule has 0 bridgehead atoms. The number of nitrogens with two attached hydrogens (primary N) is 1. The van der Waals surface area contributed by atoms with Crippen molar-refractivity contribution in [3.05, 3.63) is 23.8 Å². The normalized spacial score (nSPS) is 24.2. The Kier molecular flexibility index (Phi) is 4.50. The minimum atomic E-state index is -4.07. The smallest absolute Gasteiger partial charge is 0.243 e. The minimum absolute atomic E-state index is 0.0966. The van der Waals surface area contributed by atoms with Crippen LogP contribution in [0.25, 0.3) is 0 Å². The molecule has 1 saturated heterocycles. The van der Waals surface area contributed by atoms with Crippen molar-refractivity contribution < 1.29 is 17.2 Å². The molecule has 1 aliphatic heterocycles. The van der Waals surface area contributed by atoms with Crippen molar-refractivity contribution >= 4 is 15.7 Å². The van der Waals surface area contributed by atoms with Crippen LogP contribution in [0, 0.1) is 17.6 Å². The monoisotopic (exact) mass is 319 g/mol. The second-order valence-electron chi connectivity index (χ2n) is 5.53. The van der Waals surface area contributed by atoms with Gasteiger partial charge in [0, 0.05) is 12.6 Å². The largest absolute Gasteiger partial charge is 0.394 e. The molecule has 0 amide bonds. The summed E-state index contributed by atoms with van der Waals surface area (Å²) in [6, 6.07) is 1.46. The summed E-state index contributed by atoms with van der Waals surface area (Å²) in [7, 11) is -2.11. The fourth-order valence-corrected chi connectivity index (χ4v) is 4.02. The van der Waals surface area contributed by atoms with Crippen LogP contribution in [-0.4, -0.2) is 39.5 Å². The van der Waals surface area contributed by atoms with E-state index in [-0.39, 0.29) is 12.0 Å². The van der Waals surface area contributed by atoms with Crippen molar-refractivity contribution in [1.29, 1.82) is 0 Å². The van der Waals surface area contributed by atoms with E-state index in [1.807, 2.05) is 14.0 Å². The number of hydrogen-bond acceptors (Lipinski definition) is 4. The summed E-state index contributed by atoms with van der Waals surface area (Å²) in [6.07, 6.45) is 0.634. The molecule has 0 spiro atoms. The van der Waals surface area contributed by atoms with Crippen LogP contribution in [0.1, 0.15) is 13.3 Å². The average molecular weight is 319 g/mol. The van der Waals surface area contributed by atoms with E-state index in [1.54, 1.807) is 0 Å². The number of anilines is 1. The molecule has 2 atom stereocenters. The van der Waals surface area contributed by atoms with Crippen molar-refractivity contribution in [2.24, 2.45) is 5.92 Å². The molecule has 1 heterocycles. The van der Waals surface area contributed by atoms with Crippen molar-refractivity contribution in [2.75, 3.05) is 25.9 Å². The molecule has 5 nitrogen and oxygen atoms in total. The Bertz CT molecular complexity index is 637. The minimum Gasteiger partial charge on any atom is -0.394 e. The molecule has 1 aromatic carbocycles. The maximum absolute atomic E-state index is 13.9. The SMILES string of the molecule is CC1CN(C)CCC1NS(=O)(=O)c1ccc(F)c(N)c1F. The molecule has 0 aromatic heterocycles. The van der Waals surface area contributed by atoms with E-state index in [4.69, 9.17) is 5.73 Å². The summed E-state index contributed by atoms with van der Waals surface area (Å²) < 4.78 is 54.0. The quantitative estimate of drug-likeness (QED) is 0.820. The van der Waals surface area contributed by atoms with Crippen LogP contribution < -0.4 is 10.5 Å². The van der Waals surface area contributed by atoms with E-state index in [0.29, 0.717) is 6.42 Å². The highest BCUT2D eigenvalue weighted by atomic mass is 32.2. The third-order valence-electron chi connectivity index (χ3n) is 3.80. The number of nitrogens with zero attached hydrogens (tertiary/aromatic N) is 1. The van der Waals surface area contributed by atoms with Crippen LogP contribution in [0.2, 0.25) is 0 Å². The van der Waals surface area contributed by atoms with Gasteiger partial charge in [-0.3, -0.25) is 0 Å². The van der Waals surface area contributed by atoms with Crippen LogP contribution in [-0.2, 0) is 10.0 Å². The Labute approximate surface area is 123 Å². The fraction of sp³-hybridized carbons (Fsp3) is 0.538. The van der Waals surface area contributed by atoms with Crippen molar-refractivity contribution in [3.63, 3.8) is 0 Å². The predicted octanol–water partition coefficient (Wildman–Crippen LogP) is 1.17. The van der Waals surface area contributed by atoms with Gasteiger partial charge >= 0.3 is 0 Å². The van der Waals surface area contributed by atoms with Gasteiger partial charge in [0.05, 0.1) is 0 Å². The molecule has 0 radical (unpaired) electrons. The molecule has 1 fully saturated rings. The summed E-state index contributed by atoms with van der Waals surface area (Å²) in [5.74, 6) is -2.12. The van der Waals surface area contributed by atoms with Gasteiger partial charge in [0.15, 0.2) is 5.82 Å². The number of halogens is 2. The Morgan fingerprint density at radius 3 is 2.67 bits per heavy atom. The Morgan fingerprint density at radius 1 is 1.38 bits per heavy atom. The predicted molar refractivity (Wildman–Crippen MR) is 76.2 cm³/mol. The van der Waals surface area contributed by atoms with Crippen LogP contribution in [0.5, 0.6) is 0 Å². The molecule has 8 heteroatoms. The molecule has 2 rings (SSSR count). The maximum Gasteiger partial charge on any atom is 0.243 e. The highest BCUT2D eigenvalue weighted by molar-refractivity contribution is 7.89. The molecule has 0 saturated carbocycles. The number of sulfonamides is 1. The lowest BCUT2D eigenvalue weighted by molar-refractivity contribution is 0.188. The van der Waals surface area contributed by atoms with Crippen LogP contribution in [0.15, 0.2) is 17.0 Å². The molecule has 3 N–H and O–H groups in total. The maximum atomic E-state index is 13.9. The first-order valence-electron chi connectivity index (χ1n) is 6.66. The molecule has 1 aliphatic rings. The van der Waals surface area contributed by atoms with Gasteiger partial charge in [-0.2, -0.15) is 0 Å². The number of piperidine rings is 1. The van der Waals surface area contributed by atoms with Gasteiger partial charge < -0.3 is 10.6 Å². The van der Waals surface area contributed by atoms with Crippen LogP contribution in [0.3, 0.4) is 0 Å². The van der Waals surface area contributed by atoms with E-state index in [9.17, 15) is 17.2 Å². The lowest BCUT2D eigenvalue weighted by Gasteiger charge is -2.34. The lowest BCUT2D eigenvalue weighted by atomic mass is 9.95. The van der Waals surface area contributed by atoms with Crippen molar-refractivity contribution in [1.82, 2.24) is 9.62 Å². The molecule has 118 valence electrons. The number of nitrogen functional groups attached to an aromatic ring is 1. The van der Waals surface area contributed by atoms with Gasteiger partial charge in [0.2, 0.25) is 10.0 Å². The molecular formula is C13H19F2N3O2S. The zero-order chi connectivity index (χ0) is 15.8. The highest BCUT2D eigenvalue weighted by Crippen LogP contribution is 2.24. The molecule has 0 aliphatic carbocycles. The second-order valence-corrected chi connectivity index (χ2v) is 7.21. The van der Waals surface area contributed by atoms with Gasteiger partial charge in [0.25, 0.3) is 0 Å². The number of rotatable bonds is 3. The summed E-state index contributed by atoms with van der Waals surface area (Å²) >= 11 is 0. The van der Waals surface area contributed by atoms with E-state index >= 15 is 0 Å². The third kappa shape index (κ3) is 3.33. The number of likely N-dealkylation sites (tertiary alicyclic amines) is 1. The first-order valence-corrected chi connectivity index (χ1v) is 8.15. The third-order valence-corrected chi connectivity index (χ3v) is 5.30. The zero-order valence-electron chi connectivity index (χ0n) is 11.9. The number of hydrogen-bond donors (Lipinski definition) is 2. The van der Waals surface area contributed by atoms with Gasteiger partial charge in [-0.05, 0) is 38.1 Å². The van der Waals surface area contributed by atoms with Crippen molar-refractivity contribution in [2.45, 2.75) is 24.3 Å². The van der Waals surface area contributed by atoms with Crippen LogP contribution >= 0.6 is 0 Å². The molecule has 1 aromatic rings. The van der Waals surface area contributed by atoms with E-state index in [2.05, 4.69) is 9.62 Å². The highest BCUT2D eigenvalue weighted by Gasteiger charge is 2.30. The fourth-order valence-electron chi connectivity index (χ4n) is 2.55. The Morgan fingerprint density at radius 2 is 2.05 bits per heavy atom. The van der Waals surface area contributed by atoms with Crippen LogP contribution in [0.4, 0.5) is 14.5 Å². The standard InChI is InChI=1S/C13H19F2N3O2S/c1-8-7-18(2)6-5-10(8)17-21(19,20)11-4-3-9(14)13(16)12(11)15/h3-4,8,10,17H,5-7,16H2,1-2H3. The Hall–Kier alpha value is -1.25. The Balaban J connectivity index is 2.25. The van der Waals surface area contributed by atoms with E-state index in [1.165, 1.54) is 0 Å². The summed E-state index contributed by atoms with van der Waals surface area (Å²) in [4.78, 5) is 1.49. The zero-order valence-corrected chi connectivity index (χ0v) is 12.8. The summed E-state index contributed by atoms with van der Waals surface area (Å²) in [5.41, 5.74) is 4.43. The topological polar surface area (TPSA) is 75.4 Å². The second kappa shape index (κ2) is 5.86. The first kappa shape index (κ1) is 16.1. The first-order chi connectivity index (χ1) is 9.72.